The Labute approximate surface area is 160 Å². The highest BCUT2D eigenvalue weighted by molar-refractivity contribution is 7.98. The van der Waals surface area contributed by atoms with Crippen LogP contribution in [0, 0.1) is 0 Å². The zero-order valence-electron chi connectivity index (χ0n) is 14.2. The Kier molecular flexibility index (Phi) is 5.08. The lowest BCUT2D eigenvalue weighted by Crippen LogP contribution is -1.99. The van der Waals surface area contributed by atoms with E-state index in [4.69, 9.17) is 4.98 Å². The number of pyridine rings is 1. The number of benzene rings is 1. The van der Waals surface area contributed by atoms with Crippen LogP contribution in [-0.2, 0) is 12.3 Å². The van der Waals surface area contributed by atoms with Crippen molar-refractivity contribution in [2.45, 2.75) is 24.4 Å². The lowest BCUT2D eigenvalue weighted by Gasteiger charge is -2.06. The minimum atomic E-state index is 0.760. The van der Waals surface area contributed by atoms with Crippen LogP contribution in [0.2, 0.25) is 0 Å². The SMILES string of the molecule is CCn1c(SCc2csc(-c3ccccn3)n2)nnc1-c1ccccc1. The van der Waals surface area contributed by atoms with E-state index >= 15 is 0 Å². The number of thioether (sulfide) groups is 1. The fourth-order valence-electron chi connectivity index (χ4n) is 2.60. The van der Waals surface area contributed by atoms with Crippen molar-refractivity contribution in [3.63, 3.8) is 0 Å². The summed E-state index contributed by atoms with van der Waals surface area (Å²) in [5.41, 5.74) is 3.03. The molecule has 0 saturated carbocycles. The van der Waals surface area contributed by atoms with Gasteiger partial charge < -0.3 is 4.57 Å². The second-order valence-electron chi connectivity index (χ2n) is 5.56. The van der Waals surface area contributed by atoms with Crippen molar-refractivity contribution in [1.82, 2.24) is 24.7 Å². The third-order valence-corrected chi connectivity index (χ3v) is 5.76. The van der Waals surface area contributed by atoms with E-state index in [0.29, 0.717) is 0 Å². The van der Waals surface area contributed by atoms with E-state index in [9.17, 15) is 0 Å². The first kappa shape index (κ1) is 16.9. The van der Waals surface area contributed by atoms with E-state index < -0.39 is 0 Å². The van der Waals surface area contributed by atoms with Gasteiger partial charge in [0.15, 0.2) is 11.0 Å². The maximum Gasteiger partial charge on any atom is 0.191 e. The summed E-state index contributed by atoms with van der Waals surface area (Å²) in [5, 5.41) is 12.7. The summed E-state index contributed by atoms with van der Waals surface area (Å²) in [7, 11) is 0. The molecule has 0 aliphatic rings. The van der Waals surface area contributed by atoms with Gasteiger partial charge >= 0.3 is 0 Å². The maximum absolute atomic E-state index is 4.69. The van der Waals surface area contributed by atoms with Gasteiger partial charge in [-0.1, -0.05) is 48.2 Å². The summed E-state index contributed by atoms with van der Waals surface area (Å²) in [5.74, 6) is 1.67. The molecule has 0 amide bonds. The second kappa shape index (κ2) is 7.80. The molecule has 3 aromatic heterocycles. The monoisotopic (exact) mass is 379 g/mol. The summed E-state index contributed by atoms with van der Waals surface area (Å²) in [6.45, 7) is 2.94. The molecule has 130 valence electrons. The lowest BCUT2D eigenvalue weighted by atomic mass is 10.2. The van der Waals surface area contributed by atoms with Gasteiger partial charge in [-0.2, -0.15) is 0 Å². The summed E-state index contributed by atoms with van der Waals surface area (Å²) in [6.07, 6.45) is 1.79. The zero-order valence-corrected chi connectivity index (χ0v) is 15.9. The molecule has 0 spiro atoms. The molecule has 0 aliphatic carbocycles. The Hall–Kier alpha value is -2.51. The van der Waals surface area contributed by atoms with Crippen LogP contribution in [0.4, 0.5) is 0 Å². The fourth-order valence-corrected chi connectivity index (χ4v) is 4.40. The standard InChI is InChI=1S/C19H17N5S2/c1-2-24-17(14-8-4-3-5-9-14)22-23-19(24)26-13-15-12-25-18(21-15)16-10-6-7-11-20-16/h3-12H,2,13H2,1H3. The molecule has 0 fully saturated rings. The minimum Gasteiger partial charge on any atom is -0.302 e. The van der Waals surface area contributed by atoms with Gasteiger partial charge in [-0.25, -0.2) is 4.98 Å². The van der Waals surface area contributed by atoms with Crippen molar-refractivity contribution in [3.05, 3.63) is 65.8 Å². The first-order chi connectivity index (χ1) is 12.8. The molecule has 0 bridgehead atoms. The number of nitrogens with zero attached hydrogens (tertiary/aromatic N) is 5. The number of thiazole rings is 1. The highest BCUT2D eigenvalue weighted by atomic mass is 32.2. The molecule has 0 radical (unpaired) electrons. The molecular weight excluding hydrogens is 362 g/mol. The summed E-state index contributed by atoms with van der Waals surface area (Å²) in [6, 6.07) is 16.0. The normalized spacial score (nSPS) is 11.0. The van der Waals surface area contributed by atoms with Crippen LogP contribution in [0.15, 0.2) is 65.3 Å². The van der Waals surface area contributed by atoms with Crippen molar-refractivity contribution in [2.24, 2.45) is 0 Å². The van der Waals surface area contributed by atoms with Gasteiger partial charge in [0.1, 0.15) is 5.01 Å². The molecule has 26 heavy (non-hydrogen) atoms. The van der Waals surface area contributed by atoms with Crippen LogP contribution in [-0.4, -0.2) is 24.7 Å². The second-order valence-corrected chi connectivity index (χ2v) is 7.36. The van der Waals surface area contributed by atoms with Crippen LogP contribution < -0.4 is 0 Å². The number of hydrogen-bond acceptors (Lipinski definition) is 6. The number of hydrogen-bond donors (Lipinski definition) is 0. The Balaban J connectivity index is 1.50. The lowest BCUT2D eigenvalue weighted by molar-refractivity contribution is 0.687. The van der Waals surface area contributed by atoms with E-state index in [1.807, 2.05) is 36.4 Å². The minimum absolute atomic E-state index is 0.760. The van der Waals surface area contributed by atoms with Gasteiger partial charge in [-0.3, -0.25) is 4.98 Å². The first-order valence-electron chi connectivity index (χ1n) is 8.32. The quantitative estimate of drug-likeness (QED) is 0.451. The van der Waals surface area contributed by atoms with Crippen molar-refractivity contribution in [2.75, 3.05) is 0 Å². The Morgan fingerprint density at radius 1 is 1.04 bits per heavy atom. The van der Waals surface area contributed by atoms with Crippen LogP contribution >= 0.6 is 23.1 Å². The molecule has 4 aromatic rings. The fraction of sp³-hybridized carbons (Fsp3) is 0.158. The van der Waals surface area contributed by atoms with Gasteiger partial charge in [0.2, 0.25) is 0 Å². The number of rotatable bonds is 6. The third-order valence-electron chi connectivity index (χ3n) is 3.85. The van der Waals surface area contributed by atoms with Crippen LogP contribution in [0.25, 0.3) is 22.1 Å². The van der Waals surface area contributed by atoms with E-state index in [-0.39, 0.29) is 0 Å². The molecule has 0 saturated heterocycles. The highest BCUT2D eigenvalue weighted by Gasteiger charge is 2.14. The van der Waals surface area contributed by atoms with Gasteiger partial charge in [0.25, 0.3) is 0 Å². The van der Waals surface area contributed by atoms with Crippen molar-refractivity contribution >= 4 is 23.1 Å². The molecule has 1 aromatic carbocycles. The van der Waals surface area contributed by atoms with Crippen LogP contribution in [0.5, 0.6) is 0 Å². The molecular formula is C19H17N5S2. The van der Waals surface area contributed by atoms with E-state index in [0.717, 1.165) is 45.2 Å². The van der Waals surface area contributed by atoms with Crippen molar-refractivity contribution in [3.8, 4) is 22.1 Å². The molecule has 0 aliphatic heterocycles. The summed E-state index contributed by atoms with van der Waals surface area (Å²) < 4.78 is 2.14. The predicted molar refractivity (Wildman–Crippen MR) is 106 cm³/mol. The highest BCUT2D eigenvalue weighted by Crippen LogP contribution is 2.28. The third kappa shape index (κ3) is 3.54. The van der Waals surface area contributed by atoms with Crippen LogP contribution in [0.1, 0.15) is 12.6 Å². The Morgan fingerprint density at radius 2 is 1.88 bits per heavy atom. The molecule has 7 heteroatoms. The van der Waals surface area contributed by atoms with Crippen molar-refractivity contribution in [1.29, 1.82) is 0 Å². The van der Waals surface area contributed by atoms with E-state index in [1.54, 1.807) is 29.3 Å². The molecule has 0 unspecified atom stereocenters. The predicted octanol–water partition coefficient (Wildman–Crippen LogP) is 4.78. The molecule has 3 heterocycles. The smallest absolute Gasteiger partial charge is 0.191 e. The molecule has 4 rings (SSSR count). The molecule has 5 nitrogen and oxygen atoms in total. The maximum atomic E-state index is 4.69. The average molecular weight is 380 g/mol. The zero-order chi connectivity index (χ0) is 17.8. The first-order valence-corrected chi connectivity index (χ1v) is 10.2. The average Bonchev–Trinajstić information content (AvgIpc) is 3.34. The largest absolute Gasteiger partial charge is 0.302 e. The Morgan fingerprint density at radius 3 is 2.65 bits per heavy atom. The van der Waals surface area contributed by atoms with Gasteiger partial charge in [0.05, 0.1) is 11.4 Å². The van der Waals surface area contributed by atoms with E-state index in [1.165, 1.54) is 0 Å². The van der Waals surface area contributed by atoms with E-state index in [2.05, 4.69) is 44.2 Å². The summed E-state index contributed by atoms with van der Waals surface area (Å²) >= 11 is 3.28. The molecule has 0 N–H and O–H groups in total. The van der Waals surface area contributed by atoms with Gasteiger partial charge in [-0.05, 0) is 19.1 Å². The van der Waals surface area contributed by atoms with Gasteiger partial charge in [0, 0.05) is 29.4 Å². The van der Waals surface area contributed by atoms with Crippen LogP contribution in [0.3, 0.4) is 0 Å². The number of aromatic nitrogens is 5. The molecule has 0 atom stereocenters. The summed E-state index contributed by atoms with van der Waals surface area (Å²) in [4.78, 5) is 9.05. The van der Waals surface area contributed by atoms with Gasteiger partial charge in [-0.15, -0.1) is 21.5 Å². The van der Waals surface area contributed by atoms with Crippen molar-refractivity contribution < 1.29 is 0 Å². The topological polar surface area (TPSA) is 56.5 Å². The Bertz CT molecular complexity index is 980.